The maximum Gasteiger partial charge on any atom is 0.0422 e. The standard InChI is InChI=1S/C16H25BrN2/c1-4-5-12(2)19(3)16-10-14(17)7-6-13(16)11-18-15-8-9-15/h6-7,10,12,15,18H,4-5,8-9,11H2,1-3H3. The fourth-order valence-corrected chi connectivity index (χ4v) is 2.75. The van der Waals surface area contributed by atoms with E-state index in [0.29, 0.717) is 6.04 Å². The summed E-state index contributed by atoms with van der Waals surface area (Å²) < 4.78 is 1.16. The Hall–Kier alpha value is -0.540. The molecule has 3 heteroatoms. The fourth-order valence-electron chi connectivity index (χ4n) is 2.41. The van der Waals surface area contributed by atoms with Gasteiger partial charge in [-0.05, 0) is 43.9 Å². The van der Waals surface area contributed by atoms with Gasteiger partial charge in [-0.25, -0.2) is 0 Å². The fraction of sp³-hybridized carbons (Fsp3) is 0.625. The highest BCUT2D eigenvalue weighted by Crippen LogP contribution is 2.28. The van der Waals surface area contributed by atoms with Crippen LogP contribution in [0.25, 0.3) is 0 Å². The summed E-state index contributed by atoms with van der Waals surface area (Å²) in [5.41, 5.74) is 2.75. The van der Waals surface area contributed by atoms with Crippen molar-refractivity contribution in [1.29, 1.82) is 0 Å². The number of nitrogens with zero attached hydrogens (tertiary/aromatic N) is 1. The van der Waals surface area contributed by atoms with E-state index in [0.717, 1.165) is 17.1 Å². The van der Waals surface area contributed by atoms with Crippen LogP contribution in [0.15, 0.2) is 22.7 Å². The van der Waals surface area contributed by atoms with Crippen LogP contribution in [0.5, 0.6) is 0 Å². The molecule has 1 fully saturated rings. The van der Waals surface area contributed by atoms with Gasteiger partial charge in [-0.1, -0.05) is 35.3 Å². The second kappa shape index (κ2) is 6.76. The van der Waals surface area contributed by atoms with Gasteiger partial charge >= 0.3 is 0 Å². The number of hydrogen-bond donors (Lipinski definition) is 1. The highest BCUT2D eigenvalue weighted by molar-refractivity contribution is 9.10. The molecule has 1 N–H and O–H groups in total. The van der Waals surface area contributed by atoms with E-state index >= 15 is 0 Å². The zero-order chi connectivity index (χ0) is 13.8. The lowest BCUT2D eigenvalue weighted by molar-refractivity contribution is 0.610. The van der Waals surface area contributed by atoms with Gasteiger partial charge in [0.2, 0.25) is 0 Å². The average molecular weight is 325 g/mol. The molecule has 0 aliphatic heterocycles. The predicted molar refractivity (Wildman–Crippen MR) is 86.8 cm³/mol. The molecule has 0 aromatic heterocycles. The highest BCUT2D eigenvalue weighted by atomic mass is 79.9. The van der Waals surface area contributed by atoms with E-state index in [-0.39, 0.29) is 0 Å². The van der Waals surface area contributed by atoms with Crippen molar-refractivity contribution < 1.29 is 0 Å². The molecule has 2 rings (SSSR count). The van der Waals surface area contributed by atoms with Crippen molar-refractivity contribution in [3.8, 4) is 0 Å². The Morgan fingerprint density at radius 1 is 1.42 bits per heavy atom. The summed E-state index contributed by atoms with van der Waals surface area (Å²) in [5.74, 6) is 0. The maximum absolute atomic E-state index is 3.62. The van der Waals surface area contributed by atoms with Crippen LogP contribution in [0.3, 0.4) is 0 Å². The molecule has 1 aromatic rings. The Morgan fingerprint density at radius 2 is 2.16 bits per heavy atom. The molecule has 1 unspecified atom stereocenters. The monoisotopic (exact) mass is 324 g/mol. The summed E-state index contributed by atoms with van der Waals surface area (Å²) in [6, 6.07) is 7.97. The van der Waals surface area contributed by atoms with Crippen molar-refractivity contribution in [3.63, 3.8) is 0 Å². The van der Waals surface area contributed by atoms with E-state index in [2.05, 4.69) is 65.2 Å². The molecule has 19 heavy (non-hydrogen) atoms. The number of rotatable bonds is 7. The van der Waals surface area contributed by atoms with Crippen LogP contribution in [0.1, 0.15) is 45.1 Å². The number of nitrogens with one attached hydrogen (secondary N) is 1. The first-order valence-electron chi connectivity index (χ1n) is 7.36. The van der Waals surface area contributed by atoms with Crippen LogP contribution in [0.2, 0.25) is 0 Å². The van der Waals surface area contributed by atoms with Gasteiger partial charge in [-0.3, -0.25) is 0 Å². The van der Waals surface area contributed by atoms with Crippen LogP contribution in [0, 0.1) is 0 Å². The Balaban J connectivity index is 2.12. The molecule has 0 heterocycles. The molecule has 1 aliphatic carbocycles. The largest absolute Gasteiger partial charge is 0.372 e. The van der Waals surface area contributed by atoms with Crippen LogP contribution in [0.4, 0.5) is 5.69 Å². The maximum atomic E-state index is 3.62. The number of benzene rings is 1. The van der Waals surface area contributed by atoms with E-state index in [4.69, 9.17) is 0 Å². The molecule has 0 bridgehead atoms. The molecule has 0 radical (unpaired) electrons. The molecule has 1 aromatic carbocycles. The summed E-state index contributed by atoms with van der Waals surface area (Å²) in [5, 5.41) is 3.62. The van der Waals surface area contributed by atoms with Crippen LogP contribution in [-0.2, 0) is 6.54 Å². The normalized spacial score (nSPS) is 16.4. The topological polar surface area (TPSA) is 15.3 Å². The van der Waals surface area contributed by atoms with Gasteiger partial charge in [0.05, 0.1) is 0 Å². The lowest BCUT2D eigenvalue weighted by atomic mass is 10.1. The lowest BCUT2D eigenvalue weighted by Crippen LogP contribution is -2.30. The third-order valence-corrected chi connectivity index (χ3v) is 4.45. The Bertz CT molecular complexity index is 415. The van der Waals surface area contributed by atoms with Gasteiger partial charge in [-0.2, -0.15) is 0 Å². The summed E-state index contributed by atoms with van der Waals surface area (Å²) in [4.78, 5) is 2.41. The summed E-state index contributed by atoms with van der Waals surface area (Å²) in [7, 11) is 2.21. The molecule has 0 spiro atoms. The molecule has 0 amide bonds. The van der Waals surface area contributed by atoms with Gasteiger partial charge in [0.1, 0.15) is 0 Å². The van der Waals surface area contributed by atoms with Crippen molar-refractivity contribution in [2.45, 2.75) is 58.2 Å². The SMILES string of the molecule is CCCC(C)N(C)c1cc(Br)ccc1CNC1CC1. The van der Waals surface area contributed by atoms with E-state index < -0.39 is 0 Å². The van der Waals surface area contributed by atoms with Crippen molar-refractivity contribution >= 4 is 21.6 Å². The van der Waals surface area contributed by atoms with Gasteiger partial charge < -0.3 is 10.2 Å². The second-order valence-corrected chi connectivity index (χ2v) is 6.59. The number of hydrogen-bond acceptors (Lipinski definition) is 2. The van der Waals surface area contributed by atoms with Gasteiger partial charge in [0.15, 0.2) is 0 Å². The highest BCUT2D eigenvalue weighted by Gasteiger charge is 2.21. The summed E-state index contributed by atoms with van der Waals surface area (Å²) in [6.07, 6.45) is 5.15. The molecular weight excluding hydrogens is 300 g/mol. The van der Waals surface area contributed by atoms with Crippen molar-refractivity contribution in [2.24, 2.45) is 0 Å². The zero-order valence-electron chi connectivity index (χ0n) is 12.2. The van der Waals surface area contributed by atoms with Gasteiger partial charge in [0.25, 0.3) is 0 Å². The van der Waals surface area contributed by atoms with E-state index in [1.807, 2.05) is 0 Å². The number of anilines is 1. The minimum absolute atomic E-state index is 0.582. The average Bonchev–Trinajstić information content (AvgIpc) is 3.20. The molecule has 2 nitrogen and oxygen atoms in total. The molecule has 1 saturated carbocycles. The molecular formula is C16H25BrN2. The Morgan fingerprint density at radius 3 is 2.79 bits per heavy atom. The van der Waals surface area contributed by atoms with E-state index in [1.54, 1.807) is 0 Å². The van der Waals surface area contributed by atoms with E-state index in [1.165, 1.54) is 36.9 Å². The zero-order valence-corrected chi connectivity index (χ0v) is 13.8. The Labute approximate surface area is 125 Å². The first-order valence-corrected chi connectivity index (χ1v) is 8.15. The third-order valence-electron chi connectivity index (χ3n) is 3.95. The molecule has 1 aliphatic rings. The summed E-state index contributed by atoms with van der Waals surface area (Å²) in [6.45, 7) is 5.54. The van der Waals surface area contributed by atoms with Crippen LogP contribution in [-0.4, -0.2) is 19.1 Å². The number of halogens is 1. The van der Waals surface area contributed by atoms with Crippen molar-refractivity contribution in [3.05, 3.63) is 28.2 Å². The second-order valence-electron chi connectivity index (χ2n) is 5.68. The first kappa shape index (κ1) is 14.9. The predicted octanol–water partition coefficient (Wildman–Crippen LogP) is 4.33. The molecule has 106 valence electrons. The minimum atomic E-state index is 0.582. The quantitative estimate of drug-likeness (QED) is 0.803. The smallest absolute Gasteiger partial charge is 0.0422 e. The Kier molecular flexibility index (Phi) is 5.28. The third kappa shape index (κ3) is 4.22. The molecule has 1 atom stereocenters. The van der Waals surface area contributed by atoms with Crippen LogP contribution < -0.4 is 10.2 Å². The lowest BCUT2D eigenvalue weighted by Gasteiger charge is -2.29. The minimum Gasteiger partial charge on any atom is -0.372 e. The van der Waals surface area contributed by atoms with Crippen molar-refractivity contribution in [2.75, 3.05) is 11.9 Å². The van der Waals surface area contributed by atoms with Crippen LogP contribution >= 0.6 is 15.9 Å². The summed E-state index contributed by atoms with van der Waals surface area (Å²) >= 11 is 3.60. The van der Waals surface area contributed by atoms with Gasteiger partial charge in [0, 0.05) is 35.8 Å². The van der Waals surface area contributed by atoms with E-state index in [9.17, 15) is 0 Å². The van der Waals surface area contributed by atoms with Crippen molar-refractivity contribution in [1.82, 2.24) is 5.32 Å². The first-order chi connectivity index (χ1) is 9.11. The molecule has 0 saturated heterocycles. The van der Waals surface area contributed by atoms with Gasteiger partial charge in [-0.15, -0.1) is 0 Å².